The van der Waals surface area contributed by atoms with E-state index in [1.54, 1.807) is 32.9 Å². The lowest BCUT2D eigenvalue weighted by molar-refractivity contribution is -0.139. The molecule has 2 heterocycles. The van der Waals surface area contributed by atoms with Crippen molar-refractivity contribution in [2.45, 2.75) is 26.3 Å². The van der Waals surface area contributed by atoms with Gasteiger partial charge < -0.3 is 10.1 Å². The Hall–Kier alpha value is -3.03. The fourth-order valence-electron chi connectivity index (χ4n) is 2.85. The van der Waals surface area contributed by atoms with Crippen LogP contribution in [0.25, 0.3) is 0 Å². The van der Waals surface area contributed by atoms with E-state index in [1.165, 1.54) is 29.3 Å². The minimum Gasteiger partial charge on any atom is -0.463 e. The van der Waals surface area contributed by atoms with E-state index in [0.717, 1.165) is 0 Å². The fraction of sp³-hybridized carbons (Fsp3) is 0.294. The lowest BCUT2D eigenvalue weighted by atomic mass is 9.82. The molecular formula is C17H18FN5O2. The standard InChI is InChI=1S/C17H18FN5O2/c1-4-25-15(24)14-11(2)21-16(23-19-9-10-20-23)22-17(14,3)12-5-7-13(18)8-6-12/h5-10H,4H2,1-3H3,(H,21,22)/t17-/m1/s1. The molecule has 0 amide bonds. The van der Waals surface area contributed by atoms with E-state index in [1.807, 2.05) is 0 Å². The molecule has 0 bridgehead atoms. The molecule has 0 saturated heterocycles. The Balaban J connectivity index is 2.16. The molecule has 1 aromatic heterocycles. The highest BCUT2D eigenvalue weighted by Crippen LogP contribution is 2.38. The molecule has 0 radical (unpaired) electrons. The van der Waals surface area contributed by atoms with Crippen molar-refractivity contribution in [1.82, 2.24) is 20.3 Å². The van der Waals surface area contributed by atoms with Crippen LogP contribution in [0, 0.1) is 5.82 Å². The predicted molar refractivity (Wildman–Crippen MR) is 89.1 cm³/mol. The zero-order chi connectivity index (χ0) is 18.0. The maximum absolute atomic E-state index is 13.4. The number of carbonyl (C=O) groups excluding carboxylic acids is 1. The van der Waals surface area contributed by atoms with Crippen molar-refractivity contribution in [3.8, 4) is 0 Å². The Morgan fingerprint density at radius 2 is 1.92 bits per heavy atom. The highest BCUT2D eigenvalue weighted by molar-refractivity contribution is 5.96. The third kappa shape index (κ3) is 3.02. The summed E-state index contributed by atoms with van der Waals surface area (Å²) in [7, 11) is 0. The highest BCUT2D eigenvalue weighted by atomic mass is 19.1. The molecule has 3 rings (SSSR count). The van der Waals surface area contributed by atoms with Gasteiger partial charge in [0.05, 0.1) is 24.6 Å². The van der Waals surface area contributed by atoms with E-state index in [2.05, 4.69) is 20.5 Å². The van der Waals surface area contributed by atoms with Crippen molar-refractivity contribution in [3.05, 3.63) is 59.3 Å². The van der Waals surface area contributed by atoms with Gasteiger partial charge in [-0.25, -0.2) is 14.2 Å². The minimum absolute atomic E-state index is 0.242. The third-order valence-corrected chi connectivity index (χ3v) is 3.98. The van der Waals surface area contributed by atoms with Gasteiger partial charge in [0.15, 0.2) is 0 Å². The lowest BCUT2D eigenvalue weighted by Crippen LogP contribution is -2.43. The van der Waals surface area contributed by atoms with Crippen LogP contribution in [0.5, 0.6) is 0 Å². The van der Waals surface area contributed by atoms with Crippen LogP contribution in [0.1, 0.15) is 26.3 Å². The molecule has 0 spiro atoms. The summed E-state index contributed by atoms with van der Waals surface area (Å²) in [6, 6.07) is 5.87. The number of allylic oxidation sites excluding steroid dienone is 1. The molecule has 0 saturated carbocycles. The number of hydrogen-bond donors (Lipinski definition) is 1. The molecule has 0 unspecified atom stereocenters. The van der Waals surface area contributed by atoms with Gasteiger partial charge in [0.2, 0.25) is 5.96 Å². The summed E-state index contributed by atoms with van der Waals surface area (Å²) >= 11 is 0. The number of nitrogens with zero attached hydrogens (tertiary/aromatic N) is 4. The quantitative estimate of drug-likeness (QED) is 0.862. The van der Waals surface area contributed by atoms with Crippen molar-refractivity contribution in [1.29, 1.82) is 0 Å². The molecule has 0 fully saturated rings. The molecule has 7 nitrogen and oxygen atoms in total. The van der Waals surface area contributed by atoms with Gasteiger partial charge in [0.25, 0.3) is 0 Å². The normalized spacial score (nSPS) is 20.1. The Morgan fingerprint density at radius 1 is 1.28 bits per heavy atom. The van der Waals surface area contributed by atoms with Crippen molar-refractivity contribution < 1.29 is 13.9 Å². The van der Waals surface area contributed by atoms with Crippen LogP contribution in [-0.2, 0) is 15.1 Å². The third-order valence-electron chi connectivity index (χ3n) is 3.98. The van der Waals surface area contributed by atoms with Gasteiger partial charge in [0, 0.05) is 5.70 Å². The molecule has 8 heteroatoms. The molecule has 1 aliphatic heterocycles. The molecule has 1 aliphatic rings. The van der Waals surface area contributed by atoms with E-state index in [-0.39, 0.29) is 12.4 Å². The van der Waals surface area contributed by atoms with Crippen LogP contribution in [-0.4, -0.2) is 33.5 Å². The Labute approximate surface area is 144 Å². The first-order chi connectivity index (χ1) is 12.0. The molecule has 2 aromatic rings. The monoisotopic (exact) mass is 343 g/mol. The molecule has 1 atom stereocenters. The summed E-state index contributed by atoms with van der Waals surface area (Å²) < 4.78 is 18.6. The van der Waals surface area contributed by atoms with Gasteiger partial charge in [-0.2, -0.15) is 10.2 Å². The Kier molecular flexibility index (Phi) is 4.35. The largest absolute Gasteiger partial charge is 0.463 e. The Bertz CT molecular complexity index is 842. The summed E-state index contributed by atoms with van der Waals surface area (Å²) in [5.74, 6) is -0.476. The van der Waals surface area contributed by atoms with E-state index in [9.17, 15) is 9.18 Å². The number of rotatable bonds is 3. The first-order valence-electron chi connectivity index (χ1n) is 7.83. The molecule has 1 N–H and O–H groups in total. The molecule has 1 aromatic carbocycles. The second-order valence-corrected chi connectivity index (χ2v) is 5.68. The van der Waals surface area contributed by atoms with E-state index < -0.39 is 11.5 Å². The van der Waals surface area contributed by atoms with Crippen molar-refractivity contribution in [2.75, 3.05) is 6.61 Å². The zero-order valence-electron chi connectivity index (χ0n) is 14.2. The number of hydrogen-bond acceptors (Lipinski definition) is 6. The van der Waals surface area contributed by atoms with Crippen LogP contribution in [0.4, 0.5) is 4.39 Å². The number of aliphatic imine (C=N–C) groups is 1. The summed E-state index contributed by atoms with van der Waals surface area (Å²) in [5.41, 5.74) is 0.519. The Morgan fingerprint density at radius 3 is 2.52 bits per heavy atom. The van der Waals surface area contributed by atoms with Crippen LogP contribution in [0.3, 0.4) is 0 Å². The number of halogens is 1. The minimum atomic E-state index is -1.07. The molecule has 130 valence electrons. The maximum Gasteiger partial charge on any atom is 0.338 e. The number of aromatic nitrogens is 3. The first-order valence-corrected chi connectivity index (χ1v) is 7.83. The van der Waals surface area contributed by atoms with Gasteiger partial charge >= 0.3 is 5.97 Å². The number of ether oxygens (including phenoxy) is 1. The topological polar surface area (TPSA) is 81.4 Å². The zero-order valence-corrected chi connectivity index (χ0v) is 14.2. The van der Waals surface area contributed by atoms with Crippen LogP contribution in [0.15, 0.2) is 52.9 Å². The number of carbonyl (C=O) groups is 1. The molecule has 25 heavy (non-hydrogen) atoms. The highest BCUT2D eigenvalue weighted by Gasteiger charge is 2.41. The van der Waals surface area contributed by atoms with Crippen LogP contribution >= 0.6 is 0 Å². The first kappa shape index (κ1) is 16.8. The average molecular weight is 343 g/mol. The predicted octanol–water partition coefficient (Wildman–Crippen LogP) is 1.98. The smallest absolute Gasteiger partial charge is 0.338 e. The second kappa shape index (κ2) is 6.46. The summed E-state index contributed by atoms with van der Waals surface area (Å²) in [6.07, 6.45) is 3.05. The second-order valence-electron chi connectivity index (χ2n) is 5.68. The fourth-order valence-corrected chi connectivity index (χ4v) is 2.85. The van der Waals surface area contributed by atoms with Gasteiger partial charge in [-0.3, -0.25) is 0 Å². The van der Waals surface area contributed by atoms with Gasteiger partial charge in [0.1, 0.15) is 11.4 Å². The number of benzene rings is 1. The van der Waals surface area contributed by atoms with Gasteiger partial charge in [-0.05, 0) is 38.5 Å². The summed E-state index contributed by atoms with van der Waals surface area (Å²) in [4.78, 5) is 18.5. The van der Waals surface area contributed by atoms with Crippen LogP contribution in [0.2, 0.25) is 0 Å². The van der Waals surface area contributed by atoms with Crippen molar-refractivity contribution in [3.63, 3.8) is 0 Å². The SMILES string of the molecule is CCOC(=O)C1=C(C)NC(n2nccn2)=N[C@]1(C)c1ccc(F)cc1. The molecule has 0 aliphatic carbocycles. The van der Waals surface area contributed by atoms with Gasteiger partial charge in [-0.1, -0.05) is 12.1 Å². The summed E-state index contributed by atoms with van der Waals surface area (Å²) in [5, 5.41) is 11.2. The number of nitrogens with one attached hydrogen (secondary N) is 1. The van der Waals surface area contributed by atoms with Crippen LogP contribution < -0.4 is 5.32 Å². The van der Waals surface area contributed by atoms with E-state index >= 15 is 0 Å². The lowest BCUT2D eigenvalue weighted by Gasteiger charge is -2.33. The number of esters is 1. The average Bonchev–Trinajstić information content (AvgIpc) is 3.09. The van der Waals surface area contributed by atoms with Crippen molar-refractivity contribution in [2.24, 2.45) is 4.99 Å². The van der Waals surface area contributed by atoms with Crippen molar-refractivity contribution >= 4 is 11.9 Å². The molecular weight excluding hydrogens is 325 g/mol. The summed E-state index contributed by atoms with van der Waals surface area (Å²) in [6.45, 7) is 5.51. The maximum atomic E-state index is 13.4. The van der Waals surface area contributed by atoms with E-state index in [4.69, 9.17) is 4.74 Å². The van der Waals surface area contributed by atoms with E-state index in [0.29, 0.717) is 22.8 Å². The van der Waals surface area contributed by atoms with Gasteiger partial charge in [-0.15, -0.1) is 4.80 Å².